The summed E-state index contributed by atoms with van der Waals surface area (Å²) in [7, 11) is -2.88. The van der Waals surface area contributed by atoms with Gasteiger partial charge in [0.15, 0.2) is 0 Å². The van der Waals surface area contributed by atoms with Gasteiger partial charge >= 0.3 is 6.09 Å². The molecule has 0 radical (unpaired) electrons. The van der Waals surface area contributed by atoms with Crippen molar-refractivity contribution >= 4 is 44.6 Å². The molecule has 3 aliphatic heterocycles. The van der Waals surface area contributed by atoms with Crippen LogP contribution in [-0.4, -0.2) is 120 Å². The smallest absolute Gasteiger partial charge is 0.408 e. The highest BCUT2D eigenvalue weighted by molar-refractivity contribution is 7.91. The number of nitrogens with one attached hydrogen (secondary N) is 2. The summed E-state index contributed by atoms with van der Waals surface area (Å²) in [5, 5.41) is 15.1. The standard InChI is InChI=1S/C41H54FN5O10S/c1-24(2)40(22-56-23-40)47(38(51)52)33-26(4)16-25(3)10-6-7-11-27-18-41(27,37(50)45-58(53,54)39(21-42)14-15-39)44-34(48)31-17-28(20-46(31)36(33)49)57-35-30-13-9-8-12-29(30)32(55-5)19-43-35/h7-9,11-13,19,24-28,31,33H,6,10,14-18,20-23H2,1-5H3,(H,44,48)(H,45,50)(H,51,52)/t25-,26+,27+,28+,31-,33-,41+/m0/s1. The lowest BCUT2D eigenvalue weighted by Gasteiger charge is -2.54. The predicted molar refractivity (Wildman–Crippen MR) is 210 cm³/mol. The van der Waals surface area contributed by atoms with Gasteiger partial charge in [0.25, 0.3) is 5.91 Å². The highest BCUT2D eigenvalue weighted by Gasteiger charge is 2.64. The number of methoxy groups -OCH3 is 1. The Kier molecular flexibility index (Phi) is 11.2. The van der Waals surface area contributed by atoms with Crippen LogP contribution in [0.15, 0.2) is 42.6 Å². The van der Waals surface area contributed by atoms with E-state index in [1.807, 2.05) is 58.0 Å². The average molecular weight is 828 g/mol. The molecule has 0 spiro atoms. The number of rotatable bonds is 10. The van der Waals surface area contributed by atoms with E-state index >= 15 is 4.79 Å². The quantitative estimate of drug-likeness (QED) is 0.291. The van der Waals surface area contributed by atoms with Gasteiger partial charge < -0.3 is 29.5 Å². The van der Waals surface area contributed by atoms with Crippen LogP contribution in [0.25, 0.3) is 10.8 Å². The molecule has 0 unspecified atom stereocenters. The van der Waals surface area contributed by atoms with E-state index in [2.05, 4.69) is 15.0 Å². The summed E-state index contributed by atoms with van der Waals surface area (Å²) in [6, 6.07) is 4.86. The summed E-state index contributed by atoms with van der Waals surface area (Å²) in [5.41, 5.74) is -2.69. The van der Waals surface area contributed by atoms with Crippen LogP contribution in [0.3, 0.4) is 0 Å². The molecule has 2 saturated heterocycles. The van der Waals surface area contributed by atoms with Gasteiger partial charge in [-0.2, -0.15) is 0 Å². The molecule has 2 aliphatic carbocycles. The minimum absolute atomic E-state index is 0.0515. The zero-order chi connectivity index (χ0) is 41.8. The summed E-state index contributed by atoms with van der Waals surface area (Å²) >= 11 is 0. The number of aromatic nitrogens is 1. The summed E-state index contributed by atoms with van der Waals surface area (Å²) in [6.07, 6.45) is 5.08. The molecule has 5 aliphatic rings. The van der Waals surface area contributed by atoms with Gasteiger partial charge in [0.2, 0.25) is 27.7 Å². The molecule has 7 atom stereocenters. The maximum atomic E-state index is 15.3. The molecule has 7 rings (SSSR count). The number of pyridine rings is 1. The zero-order valence-corrected chi connectivity index (χ0v) is 34.4. The molecular weight excluding hydrogens is 774 g/mol. The molecule has 1 aromatic heterocycles. The SMILES string of the molecule is COc1cnc(O[C@@H]2C[C@H]3C(=O)N[C@]4(C(=O)NS(=O)(=O)C5(CF)CC5)C[C@H]4C=CCC[C@H](C)C[C@@H](C)[C@H](N(C(=O)O)C4(C(C)C)COC4)C(=O)N3C2)c2ccccc12. The molecule has 2 saturated carbocycles. The summed E-state index contributed by atoms with van der Waals surface area (Å²) in [5.74, 6) is -2.75. The Morgan fingerprint density at radius 1 is 1.16 bits per heavy atom. The van der Waals surface area contributed by atoms with E-state index in [1.54, 1.807) is 6.08 Å². The van der Waals surface area contributed by atoms with Gasteiger partial charge in [-0.3, -0.25) is 24.0 Å². The van der Waals surface area contributed by atoms with Crippen LogP contribution in [0.4, 0.5) is 9.18 Å². The van der Waals surface area contributed by atoms with Crippen molar-refractivity contribution in [1.82, 2.24) is 24.8 Å². The van der Waals surface area contributed by atoms with Gasteiger partial charge in [-0.15, -0.1) is 0 Å². The second-order valence-corrected chi connectivity index (χ2v) is 19.4. The number of carboxylic acid groups (broad SMARTS) is 1. The van der Waals surface area contributed by atoms with Crippen LogP contribution in [0.1, 0.15) is 72.6 Å². The molecule has 2 aromatic rings. The minimum atomic E-state index is -4.41. The third-order valence-electron chi connectivity index (χ3n) is 13.2. The van der Waals surface area contributed by atoms with Gasteiger partial charge in [-0.25, -0.2) is 22.6 Å². The fourth-order valence-corrected chi connectivity index (χ4v) is 10.5. The second kappa shape index (κ2) is 15.6. The monoisotopic (exact) mass is 827 g/mol. The number of carbonyl (C=O) groups is 4. The van der Waals surface area contributed by atoms with Crippen molar-refractivity contribution in [2.24, 2.45) is 23.7 Å². The molecule has 4 fully saturated rings. The molecular formula is C41H54FN5O10S. The summed E-state index contributed by atoms with van der Waals surface area (Å²) in [4.78, 5) is 64.5. The van der Waals surface area contributed by atoms with Crippen molar-refractivity contribution in [3.05, 3.63) is 42.6 Å². The molecule has 0 bridgehead atoms. The lowest BCUT2D eigenvalue weighted by molar-refractivity contribution is -0.178. The number of hydrogen-bond donors (Lipinski definition) is 3. The Morgan fingerprint density at radius 2 is 1.86 bits per heavy atom. The van der Waals surface area contributed by atoms with Gasteiger partial charge in [0.1, 0.15) is 40.9 Å². The van der Waals surface area contributed by atoms with Gasteiger partial charge in [0, 0.05) is 23.1 Å². The molecule has 58 heavy (non-hydrogen) atoms. The van der Waals surface area contributed by atoms with Crippen LogP contribution < -0.4 is 19.5 Å². The third-order valence-corrected chi connectivity index (χ3v) is 15.3. The molecule has 1 aromatic carbocycles. The van der Waals surface area contributed by atoms with E-state index in [-0.39, 0.29) is 63.2 Å². The van der Waals surface area contributed by atoms with Crippen molar-refractivity contribution in [1.29, 1.82) is 0 Å². The maximum absolute atomic E-state index is 15.3. The number of allylic oxidation sites excluding steroid dienone is 1. The normalized spacial score (nSPS) is 30.5. The number of amides is 4. The van der Waals surface area contributed by atoms with Gasteiger partial charge in [-0.05, 0) is 62.3 Å². The summed E-state index contributed by atoms with van der Waals surface area (Å²) < 4.78 is 58.4. The first-order valence-electron chi connectivity index (χ1n) is 20.1. The van der Waals surface area contributed by atoms with Gasteiger partial charge in [-0.1, -0.05) is 58.0 Å². The topological polar surface area (TPSA) is 194 Å². The number of sulfonamides is 1. The Morgan fingerprint density at radius 3 is 2.47 bits per heavy atom. The van der Waals surface area contributed by atoms with Crippen LogP contribution in [0, 0.1) is 23.7 Å². The van der Waals surface area contributed by atoms with Crippen molar-refractivity contribution in [2.75, 3.05) is 33.5 Å². The van der Waals surface area contributed by atoms with Crippen molar-refractivity contribution in [2.45, 2.75) is 107 Å². The minimum Gasteiger partial charge on any atom is -0.494 e. The van der Waals surface area contributed by atoms with Crippen molar-refractivity contribution in [3.63, 3.8) is 0 Å². The Labute approximate surface area is 338 Å². The van der Waals surface area contributed by atoms with E-state index < -0.39 is 86.4 Å². The van der Waals surface area contributed by atoms with E-state index in [0.717, 1.165) is 5.39 Å². The molecule has 316 valence electrons. The number of nitrogens with zero attached hydrogens (tertiary/aromatic N) is 3. The highest BCUT2D eigenvalue weighted by Crippen LogP contribution is 2.48. The van der Waals surface area contributed by atoms with Crippen LogP contribution >= 0.6 is 0 Å². The number of carbonyl (C=O) groups excluding carboxylic acids is 3. The first kappa shape index (κ1) is 41.6. The van der Waals surface area contributed by atoms with Gasteiger partial charge in [0.05, 0.1) is 38.6 Å². The molecule has 3 N–H and O–H groups in total. The Bertz CT molecular complexity index is 2090. The maximum Gasteiger partial charge on any atom is 0.408 e. The molecule has 4 amide bonds. The van der Waals surface area contributed by atoms with E-state index in [1.165, 1.54) is 23.1 Å². The van der Waals surface area contributed by atoms with E-state index in [9.17, 15) is 32.3 Å². The third kappa shape index (κ3) is 7.26. The highest BCUT2D eigenvalue weighted by atomic mass is 32.2. The van der Waals surface area contributed by atoms with Crippen LogP contribution in [0.2, 0.25) is 0 Å². The molecule has 17 heteroatoms. The molecule has 4 heterocycles. The van der Waals surface area contributed by atoms with Crippen molar-refractivity contribution in [3.8, 4) is 11.6 Å². The number of benzene rings is 1. The average Bonchev–Trinajstić information content (AvgIpc) is 4.06. The lowest BCUT2D eigenvalue weighted by atomic mass is 9.78. The number of hydrogen-bond acceptors (Lipinski definition) is 10. The number of alkyl halides is 1. The summed E-state index contributed by atoms with van der Waals surface area (Å²) in [6.45, 7) is 6.63. The van der Waals surface area contributed by atoms with Crippen molar-refractivity contribution < 1.29 is 51.3 Å². The fraction of sp³-hybridized carbons (Fsp3) is 0.634. The first-order valence-corrected chi connectivity index (χ1v) is 21.6. The Hall–Kier alpha value is -4.51. The number of halogens is 1. The van der Waals surface area contributed by atoms with Crippen LogP contribution in [-0.2, 0) is 29.1 Å². The number of ether oxygens (including phenoxy) is 3. The molecule has 15 nitrogen and oxygen atoms in total. The van der Waals surface area contributed by atoms with E-state index in [4.69, 9.17) is 14.2 Å². The zero-order valence-electron chi connectivity index (χ0n) is 33.6. The Balaban J connectivity index is 1.28. The lowest BCUT2D eigenvalue weighted by Crippen LogP contribution is -2.72. The number of fused-ring (bicyclic) bond motifs is 3. The first-order chi connectivity index (χ1) is 27.5. The largest absolute Gasteiger partial charge is 0.494 e. The predicted octanol–water partition coefficient (Wildman–Crippen LogP) is 4.20. The second-order valence-electron chi connectivity index (χ2n) is 17.4. The fourth-order valence-electron chi connectivity index (χ4n) is 9.10. The van der Waals surface area contributed by atoms with Crippen LogP contribution in [0.5, 0.6) is 11.6 Å². The van der Waals surface area contributed by atoms with E-state index in [0.29, 0.717) is 30.4 Å².